The van der Waals surface area contributed by atoms with E-state index >= 15 is 0 Å². The van der Waals surface area contributed by atoms with Gasteiger partial charge in [0.1, 0.15) is 18.0 Å². The molecule has 1 aromatic heterocycles. The van der Waals surface area contributed by atoms with E-state index in [1.165, 1.54) is 29.4 Å². The van der Waals surface area contributed by atoms with Gasteiger partial charge < -0.3 is 10.6 Å². The van der Waals surface area contributed by atoms with E-state index in [1.807, 2.05) is 0 Å². The number of hydrogen-bond donors (Lipinski definition) is 2. The molecular formula is C11H12FN5O. The first-order chi connectivity index (χ1) is 8.58. The van der Waals surface area contributed by atoms with Crippen LogP contribution in [-0.2, 0) is 6.54 Å². The number of aromatic amines is 1. The number of anilines is 1. The Hall–Kier alpha value is -2.44. The highest BCUT2D eigenvalue weighted by Crippen LogP contribution is 2.14. The lowest BCUT2D eigenvalue weighted by Crippen LogP contribution is -2.27. The van der Waals surface area contributed by atoms with Gasteiger partial charge in [0.2, 0.25) is 0 Å². The molecule has 1 amide bonds. The average Bonchev–Trinajstić information content (AvgIpc) is 2.84. The Balaban J connectivity index is 2.17. The van der Waals surface area contributed by atoms with Crippen LogP contribution in [0.3, 0.4) is 0 Å². The molecule has 0 spiro atoms. The fourth-order valence-electron chi connectivity index (χ4n) is 1.52. The number of aromatic nitrogens is 3. The van der Waals surface area contributed by atoms with Crippen LogP contribution in [0.2, 0.25) is 0 Å². The smallest absolute Gasteiger partial charge is 0.257 e. The molecular weight excluding hydrogens is 237 g/mol. The second-order valence-electron chi connectivity index (χ2n) is 3.83. The highest BCUT2D eigenvalue weighted by Gasteiger charge is 2.17. The molecule has 6 nitrogen and oxygen atoms in total. The van der Waals surface area contributed by atoms with Crippen molar-refractivity contribution < 1.29 is 9.18 Å². The van der Waals surface area contributed by atoms with Crippen LogP contribution in [0.5, 0.6) is 0 Å². The number of benzene rings is 1. The number of nitrogens with one attached hydrogen (secondary N) is 1. The summed E-state index contributed by atoms with van der Waals surface area (Å²) in [6, 6.07) is 3.89. The van der Waals surface area contributed by atoms with Gasteiger partial charge in [0.25, 0.3) is 5.91 Å². The second-order valence-corrected chi connectivity index (χ2v) is 3.83. The third-order valence-corrected chi connectivity index (χ3v) is 2.42. The molecule has 94 valence electrons. The number of halogens is 1. The summed E-state index contributed by atoms with van der Waals surface area (Å²) in [7, 11) is 1.55. The summed E-state index contributed by atoms with van der Waals surface area (Å²) in [6.07, 6.45) is 1.34. The van der Waals surface area contributed by atoms with Crippen molar-refractivity contribution in [3.05, 3.63) is 41.7 Å². The number of rotatable bonds is 3. The van der Waals surface area contributed by atoms with Gasteiger partial charge in [-0.15, -0.1) is 0 Å². The minimum absolute atomic E-state index is 0.0583. The Morgan fingerprint density at radius 2 is 2.33 bits per heavy atom. The van der Waals surface area contributed by atoms with Gasteiger partial charge in [0, 0.05) is 12.7 Å². The number of hydrogen-bond acceptors (Lipinski definition) is 4. The Morgan fingerprint density at radius 1 is 1.56 bits per heavy atom. The summed E-state index contributed by atoms with van der Waals surface area (Å²) < 4.78 is 13.5. The molecule has 7 heteroatoms. The maximum Gasteiger partial charge on any atom is 0.257 e. The van der Waals surface area contributed by atoms with Crippen molar-refractivity contribution in [2.24, 2.45) is 0 Å². The van der Waals surface area contributed by atoms with Crippen LogP contribution in [0, 0.1) is 5.82 Å². The Bertz CT molecular complexity index is 555. The number of amides is 1. The molecule has 0 aliphatic heterocycles. The van der Waals surface area contributed by atoms with Crippen molar-refractivity contribution in [3.8, 4) is 0 Å². The van der Waals surface area contributed by atoms with Gasteiger partial charge in [-0.3, -0.25) is 9.89 Å². The predicted molar refractivity (Wildman–Crippen MR) is 63.0 cm³/mol. The van der Waals surface area contributed by atoms with E-state index in [2.05, 4.69) is 15.2 Å². The molecule has 0 saturated carbocycles. The number of carbonyl (C=O) groups excluding carboxylic acids is 1. The highest BCUT2D eigenvalue weighted by atomic mass is 19.1. The number of carbonyl (C=O) groups is 1. The van der Waals surface area contributed by atoms with Gasteiger partial charge in [-0.2, -0.15) is 5.10 Å². The maximum atomic E-state index is 13.5. The fraction of sp³-hybridized carbons (Fsp3) is 0.182. The Kier molecular flexibility index (Phi) is 3.22. The Labute approximate surface area is 103 Å². The minimum atomic E-state index is -0.599. The van der Waals surface area contributed by atoms with Crippen molar-refractivity contribution >= 4 is 11.6 Å². The van der Waals surface area contributed by atoms with Crippen molar-refractivity contribution in [1.82, 2.24) is 20.1 Å². The number of H-pyrrole nitrogens is 1. The fourth-order valence-corrected chi connectivity index (χ4v) is 1.52. The SMILES string of the molecule is CN(Cc1ncn[nH]1)C(=O)c1cc(N)ccc1F. The van der Waals surface area contributed by atoms with Crippen LogP contribution < -0.4 is 5.73 Å². The molecule has 0 unspecified atom stereocenters. The lowest BCUT2D eigenvalue weighted by molar-refractivity contribution is 0.0777. The summed E-state index contributed by atoms with van der Waals surface area (Å²) in [4.78, 5) is 17.2. The molecule has 1 aromatic carbocycles. The van der Waals surface area contributed by atoms with E-state index in [9.17, 15) is 9.18 Å². The monoisotopic (exact) mass is 249 g/mol. The van der Waals surface area contributed by atoms with Gasteiger partial charge in [-0.1, -0.05) is 0 Å². The summed E-state index contributed by atoms with van der Waals surface area (Å²) in [5.41, 5.74) is 5.82. The lowest BCUT2D eigenvalue weighted by Gasteiger charge is -2.16. The molecule has 2 aromatic rings. The zero-order chi connectivity index (χ0) is 13.1. The molecule has 0 saturated heterocycles. The minimum Gasteiger partial charge on any atom is -0.399 e. The number of nitrogens with two attached hydrogens (primary N) is 1. The van der Waals surface area contributed by atoms with Crippen LogP contribution in [-0.4, -0.2) is 33.0 Å². The maximum absolute atomic E-state index is 13.5. The third kappa shape index (κ3) is 2.45. The largest absolute Gasteiger partial charge is 0.399 e. The van der Waals surface area contributed by atoms with E-state index in [-0.39, 0.29) is 12.1 Å². The van der Waals surface area contributed by atoms with Crippen LogP contribution in [0.25, 0.3) is 0 Å². The zero-order valence-corrected chi connectivity index (χ0v) is 9.72. The molecule has 2 rings (SSSR count). The number of nitrogens with zero attached hydrogens (tertiary/aromatic N) is 3. The van der Waals surface area contributed by atoms with E-state index < -0.39 is 11.7 Å². The van der Waals surface area contributed by atoms with Crippen LogP contribution in [0.4, 0.5) is 10.1 Å². The van der Waals surface area contributed by atoms with Crippen molar-refractivity contribution in [2.75, 3.05) is 12.8 Å². The molecule has 0 atom stereocenters. The summed E-state index contributed by atoms with van der Waals surface area (Å²) >= 11 is 0. The highest BCUT2D eigenvalue weighted by molar-refractivity contribution is 5.95. The van der Waals surface area contributed by atoms with Gasteiger partial charge in [-0.25, -0.2) is 9.37 Å². The first-order valence-corrected chi connectivity index (χ1v) is 5.22. The number of nitrogen functional groups attached to an aromatic ring is 1. The van der Waals surface area contributed by atoms with Gasteiger partial charge in [0.15, 0.2) is 0 Å². The van der Waals surface area contributed by atoms with Crippen molar-refractivity contribution in [3.63, 3.8) is 0 Å². The summed E-state index contributed by atoms with van der Waals surface area (Å²) in [5, 5.41) is 6.30. The zero-order valence-electron chi connectivity index (χ0n) is 9.72. The first kappa shape index (κ1) is 12.0. The van der Waals surface area contributed by atoms with E-state index in [0.717, 1.165) is 0 Å². The first-order valence-electron chi connectivity index (χ1n) is 5.22. The van der Waals surface area contributed by atoms with Crippen LogP contribution in [0.1, 0.15) is 16.2 Å². The molecule has 3 N–H and O–H groups in total. The standard InChI is InChI=1S/C11H12FN5O/c1-17(5-10-14-6-15-16-10)11(18)8-4-7(13)2-3-9(8)12/h2-4,6H,5,13H2,1H3,(H,14,15,16). The third-order valence-electron chi connectivity index (χ3n) is 2.42. The molecule has 0 bridgehead atoms. The van der Waals surface area contributed by atoms with Gasteiger partial charge >= 0.3 is 0 Å². The van der Waals surface area contributed by atoms with Gasteiger partial charge in [-0.05, 0) is 18.2 Å². The normalized spacial score (nSPS) is 10.3. The molecule has 0 fully saturated rings. The summed E-state index contributed by atoms with van der Waals surface area (Å²) in [6.45, 7) is 0.215. The predicted octanol–water partition coefficient (Wildman–Crippen LogP) is 0.798. The van der Waals surface area contributed by atoms with Crippen LogP contribution >= 0.6 is 0 Å². The second kappa shape index (κ2) is 4.82. The summed E-state index contributed by atoms with van der Waals surface area (Å²) in [5.74, 6) is -0.537. The van der Waals surface area contributed by atoms with Crippen LogP contribution in [0.15, 0.2) is 24.5 Å². The molecule has 0 radical (unpaired) electrons. The molecule has 1 heterocycles. The van der Waals surface area contributed by atoms with E-state index in [1.54, 1.807) is 7.05 Å². The van der Waals surface area contributed by atoms with Crippen molar-refractivity contribution in [1.29, 1.82) is 0 Å². The van der Waals surface area contributed by atoms with E-state index in [4.69, 9.17) is 5.73 Å². The quantitative estimate of drug-likeness (QED) is 0.787. The van der Waals surface area contributed by atoms with E-state index in [0.29, 0.717) is 11.5 Å². The van der Waals surface area contributed by atoms with Gasteiger partial charge in [0.05, 0.1) is 12.1 Å². The average molecular weight is 249 g/mol. The van der Waals surface area contributed by atoms with Crippen molar-refractivity contribution in [2.45, 2.75) is 6.54 Å². The molecule has 0 aliphatic rings. The molecule has 0 aliphatic carbocycles. The lowest BCUT2D eigenvalue weighted by atomic mass is 10.1. The molecule has 18 heavy (non-hydrogen) atoms. The Morgan fingerprint density at radius 3 is 3.00 bits per heavy atom. The topological polar surface area (TPSA) is 87.9 Å².